The van der Waals surface area contributed by atoms with Crippen LogP contribution in [0, 0.1) is 6.92 Å². The molecule has 0 spiro atoms. The maximum absolute atomic E-state index is 6.43. The van der Waals surface area contributed by atoms with Crippen molar-refractivity contribution in [2.75, 3.05) is 0 Å². The monoisotopic (exact) mass is 457 g/mol. The highest BCUT2D eigenvalue weighted by molar-refractivity contribution is 6.20. The van der Waals surface area contributed by atoms with Crippen molar-refractivity contribution in [1.82, 2.24) is 4.98 Å². The predicted molar refractivity (Wildman–Crippen MR) is 145 cm³/mol. The molecular weight excluding hydrogens is 430 g/mol. The summed E-state index contributed by atoms with van der Waals surface area (Å²) in [4.78, 5) is 14.6. The van der Waals surface area contributed by atoms with Crippen LogP contribution in [0.4, 0.5) is 0 Å². The van der Waals surface area contributed by atoms with E-state index in [2.05, 4.69) is 61.1 Å². The number of pyridine rings is 1. The fourth-order valence-electron chi connectivity index (χ4n) is 5.63. The number of aryl methyl sites for hydroxylation is 2. The van der Waals surface area contributed by atoms with Gasteiger partial charge < -0.3 is 4.42 Å². The second-order valence-electron chi connectivity index (χ2n) is 9.39. The van der Waals surface area contributed by atoms with Gasteiger partial charge in [-0.2, -0.15) is 0 Å². The first-order valence-electron chi connectivity index (χ1n) is 12.1. The SMILES string of the molecule is C=CC1=NC2CC(=C)/N=C(/C=C)c3c(ccc4c3oc3cc(C)ncc34)CCC2c2ccccc21. The van der Waals surface area contributed by atoms with E-state index in [1.54, 1.807) is 0 Å². The van der Waals surface area contributed by atoms with E-state index in [0.29, 0.717) is 6.42 Å². The number of benzene rings is 2. The molecule has 4 aromatic rings. The molecule has 2 unspecified atom stereocenters. The van der Waals surface area contributed by atoms with Crippen LogP contribution in [0.1, 0.15) is 46.7 Å². The number of furan rings is 1. The number of aromatic nitrogens is 1. The van der Waals surface area contributed by atoms with Crippen LogP contribution >= 0.6 is 0 Å². The molecule has 35 heavy (non-hydrogen) atoms. The first-order valence-corrected chi connectivity index (χ1v) is 12.1. The highest BCUT2D eigenvalue weighted by Crippen LogP contribution is 2.40. The third-order valence-corrected chi connectivity index (χ3v) is 7.25. The second kappa shape index (κ2) is 8.31. The Kier molecular flexibility index (Phi) is 5.10. The van der Waals surface area contributed by atoms with E-state index in [-0.39, 0.29) is 12.0 Å². The molecule has 4 heterocycles. The van der Waals surface area contributed by atoms with Crippen LogP contribution in [-0.2, 0) is 6.42 Å². The highest BCUT2D eigenvalue weighted by Gasteiger charge is 2.31. The zero-order valence-electron chi connectivity index (χ0n) is 19.9. The quantitative estimate of drug-likeness (QED) is 0.318. The van der Waals surface area contributed by atoms with Crippen LogP contribution in [0.25, 0.3) is 21.9 Å². The van der Waals surface area contributed by atoms with E-state index in [1.807, 2.05) is 31.3 Å². The number of fused-ring (bicyclic) bond motifs is 8. The summed E-state index contributed by atoms with van der Waals surface area (Å²) in [5.74, 6) is 0.276. The van der Waals surface area contributed by atoms with Crippen molar-refractivity contribution in [3.05, 3.63) is 114 Å². The topological polar surface area (TPSA) is 50.8 Å². The van der Waals surface area contributed by atoms with Gasteiger partial charge in [0.2, 0.25) is 0 Å². The van der Waals surface area contributed by atoms with Gasteiger partial charge in [-0.1, -0.05) is 56.1 Å². The molecule has 0 N–H and O–H groups in total. The molecule has 6 rings (SSSR count). The van der Waals surface area contributed by atoms with Gasteiger partial charge in [-0.15, -0.1) is 0 Å². The van der Waals surface area contributed by atoms with Crippen LogP contribution in [-0.4, -0.2) is 22.4 Å². The molecule has 0 radical (unpaired) electrons. The normalized spacial score (nSPS) is 21.3. The largest absolute Gasteiger partial charge is 0.455 e. The van der Waals surface area contributed by atoms with Crippen molar-refractivity contribution in [1.29, 1.82) is 0 Å². The number of hydrogen-bond donors (Lipinski definition) is 0. The zero-order valence-corrected chi connectivity index (χ0v) is 19.9. The van der Waals surface area contributed by atoms with Crippen LogP contribution in [0.3, 0.4) is 0 Å². The number of aliphatic imine (C=N–C) groups is 2. The molecular formula is C31H27N3O. The van der Waals surface area contributed by atoms with Crippen molar-refractivity contribution >= 4 is 33.4 Å². The average molecular weight is 458 g/mol. The smallest absolute Gasteiger partial charge is 0.145 e. The summed E-state index contributed by atoms with van der Waals surface area (Å²) in [5, 5.41) is 2.06. The molecule has 0 saturated heterocycles. The molecule has 0 aliphatic carbocycles. The summed E-state index contributed by atoms with van der Waals surface area (Å²) in [7, 11) is 0. The van der Waals surface area contributed by atoms with Crippen LogP contribution in [0.5, 0.6) is 0 Å². The number of rotatable bonds is 2. The average Bonchev–Trinajstić information content (AvgIpc) is 3.23. The Bertz CT molecular complexity index is 1600. The third-order valence-electron chi connectivity index (χ3n) is 7.25. The number of allylic oxidation sites excluding steroid dienone is 2. The molecule has 2 aromatic carbocycles. The van der Waals surface area contributed by atoms with Gasteiger partial charge >= 0.3 is 0 Å². The summed E-state index contributed by atoms with van der Waals surface area (Å²) in [5.41, 5.74) is 9.86. The van der Waals surface area contributed by atoms with Gasteiger partial charge in [-0.25, -0.2) is 0 Å². The second-order valence-corrected chi connectivity index (χ2v) is 9.39. The van der Waals surface area contributed by atoms with Gasteiger partial charge in [-0.05, 0) is 43.0 Å². The van der Waals surface area contributed by atoms with Gasteiger partial charge in [0.05, 0.1) is 17.5 Å². The van der Waals surface area contributed by atoms with Crippen molar-refractivity contribution in [2.45, 2.75) is 38.1 Å². The molecule has 2 aliphatic heterocycles. The van der Waals surface area contributed by atoms with E-state index in [4.69, 9.17) is 14.4 Å². The van der Waals surface area contributed by atoms with Gasteiger partial charge in [0, 0.05) is 57.9 Å². The summed E-state index contributed by atoms with van der Waals surface area (Å²) >= 11 is 0. The lowest BCUT2D eigenvalue weighted by Gasteiger charge is -2.32. The Balaban J connectivity index is 1.55. The van der Waals surface area contributed by atoms with Crippen molar-refractivity contribution in [2.24, 2.45) is 9.98 Å². The zero-order chi connectivity index (χ0) is 24.1. The van der Waals surface area contributed by atoms with Crippen LogP contribution in [0.2, 0.25) is 0 Å². The van der Waals surface area contributed by atoms with E-state index in [9.17, 15) is 0 Å². The lowest BCUT2D eigenvalue weighted by atomic mass is 9.78. The fraction of sp³-hybridized carbons (Fsp3) is 0.194. The van der Waals surface area contributed by atoms with E-state index >= 15 is 0 Å². The van der Waals surface area contributed by atoms with Crippen molar-refractivity contribution in [3.63, 3.8) is 0 Å². The highest BCUT2D eigenvalue weighted by atomic mass is 16.3. The molecule has 0 fully saturated rings. The minimum atomic E-state index is 0.0748. The van der Waals surface area contributed by atoms with Crippen molar-refractivity contribution < 1.29 is 4.42 Å². The molecule has 2 aliphatic rings. The van der Waals surface area contributed by atoms with E-state index < -0.39 is 0 Å². The Morgan fingerprint density at radius 1 is 1.03 bits per heavy atom. The molecule has 2 aromatic heterocycles. The Morgan fingerprint density at radius 2 is 1.86 bits per heavy atom. The maximum atomic E-state index is 6.43. The van der Waals surface area contributed by atoms with Crippen molar-refractivity contribution in [3.8, 4) is 0 Å². The van der Waals surface area contributed by atoms with Gasteiger partial charge in [0.25, 0.3) is 0 Å². The van der Waals surface area contributed by atoms with Crippen LogP contribution < -0.4 is 0 Å². The Labute approximate surface area is 205 Å². The van der Waals surface area contributed by atoms with Crippen LogP contribution in [0.15, 0.2) is 101 Å². The van der Waals surface area contributed by atoms with E-state index in [1.165, 1.54) is 16.7 Å². The Hall–Kier alpha value is -4.05. The van der Waals surface area contributed by atoms with Gasteiger partial charge in [0.15, 0.2) is 0 Å². The summed E-state index contributed by atoms with van der Waals surface area (Å²) in [6, 6.07) is 15.0. The standard InChI is InChI=1S/C31H27N3O/c1-5-26-22-10-8-7-9-21(22)23-13-11-20-12-14-24-25-17-32-18(3)16-29(25)35-31(24)30(20)27(6-2)33-19(4)15-28(23)34-26/h5-10,12,14,16-17,23,28H,1-2,4,11,13,15H2,3H3/b33-27-. The lowest BCUT2D eigenvalue weighted by Crippen LogP contribution is -2.27. The number of hydrogen-bond acceptors (Lipinski definition) is 4. The number of nitrogens with zero attached hydrogens (tertiary/aromatic N) is 3. The summed E-state index contributed by atoms with van der Waals surface area (Å²) in [6.45, 7) is 14.4. The third kappa shape index (κ3) is 3.48. The minimum Gasteiger partial charge on any atom is -0.455 e. The van der Waals surface area contributed by atoms with E-state index in [0.717, 1.165) is 63.2 Å². The lowest BCUT2D eigenvalue weighted by molar-refractivity contribution is 0.490. The predicted octanol–water partition coefficient (Wildman–Crippen LogP) is 7.26. The van der Waals surface area contributed by atoms with Gasteiger partial charge in [-0.3, -0.25) is 15.0 Å². The Morgan fingerprint density at radius 3 is 2.69 bits per heavy atom. The molecule has 2 atom stereocenters. The maximum Gasteiger partial charge on any atom is 0.145 e. The molecule has 0 amide bonds. The van der Waals surface area contributed by atoms with Gasteiger partial charge in [0.1, 0.15) is 11.2 Å². The molecule has 4 nitrogen and oxygen atoms in total. The first-order chi connectivity index (χ1) is 17.1. The summed E-state index contributed by atoms with van der Waals surface area (Å²) in [6.07, 6.45) is 8.10. The molecule has 0 saturated carbocycles. The first kappa shape index (κ1) is 21.5. The molecule has 4 heteroatoms. The molecule has 172 valence electrons. The minimum absolute atomic E-state index is 0.0748. The summed E-state index contributed by atoms with van der Waals surface area (Å²) < 4.78 is 6.43. The fourth-order valence-corrected chi connectivity index (χ4v) is 5.63. The molecule has 0 bridgehead atoms.